The van der Waals surface area contributed by atoms with E-state index in [0.29, 0.717) is 30.4 Å². The van der Waals surface area contributed by atoms with Gasteiger partial charge in [-0.3, -0.25) is 4.79 Å². The van der Waals surface area contributed by atoms with Crippen LogP contribution in [0.15, 0.2) is 42.5 Å². The second-order valence-electron chi connectivity index (χ2n) is 7.87. The van der Waals surface area contributed by atoms with Crippen LogP contribution in [0.2, 0.25) is 0 Å². The molecule has 6 nitrogen and oxygen atoms in total. The highest BCUT2D eigenvalue weighted by atomic mass is 16.5. The highest BCUT2D eigenvalue weighted by Gasteiger charge is 2.32. The van der Waals surface area contributed by atoms with Gasteiger partial charge in [-0.05, 0) is 67.6 Å². The van der Waals surface area contributed by atoms with Crippen LogP contribution in [-0.2, 0) is 9.53 Å². The summed E-state index contributed by atoms with van der Waals surface area (Å²) in [5.41, 5.74) is 2.22. The van der Waals surface area contributed by atoms with Crippen molar-refractivity contribution in [1.82, 2.24) is 0 Å². The van der Waals surface area contributed by atoms with Crippen molar-refractivity contribution in [2.75, 3.05) is 25.7 Å². The number of ether oxygens (including phenoxy) is 3. The number of carbonyl (C=O) groups excluding carboxylic acids is 2. The van der Waals surface area contributed by atoms with Crippen molar-refractivity contribution in [2.45, 2.75) is 44.1 Å². The Morgan fingerprint density at radius 1 is 1.03 bits per heavy atom. The van der Waals surface area contributed by atoms with Crippen LogP contribution in [-0.4, -0.2) is 38.7 Å². The number of amides is 1. The van der Waals surface area contributed by atoms with E-state index in [-0.39, 0.29) is 11.8 Å². The Balaban J connectivity index is 1.47. The number of carbonyl (C=O) groups is 2. The molecular formula is C24H27NO5. The zero-order valence-corrected chi connectivity index (χ0v) is 17.4. The summed E-state index contributed by atoms with van der Waals surface area (Å²) >= 11 is 0. The van der Waals surface area contributed by atoms with Gasteiger partial charge in [0.2, 0.25) is 5.91 Å². The van der Waals surface area contributed by atoms with Crippen molar-refractivity contribution < 1.29 is 23.8 Å². The summed E-state index contributed by atoms with van der Waals surface area (Å²) in [5, 5.41) is 0. The smallest absolute Gasteiger partial charge is 0.341 e. The number of methoxy groups -OCH3 is 2. The lowest BCUT2D eigenvalue weighted by atomic mass is 9.96. The second kappa shape index (κ2) is 8.78. The first kappa shape index (κ1) is 20.3. The third-order valence-electron chi connectivity index (χ3n) is 5.98. The maximum absolute atomic E-state index is 12.7. The lowest BCUT2D eigenvalue weighted by Crippen LogP contribution is -2.24. The van der Waals surface area contributed by atoms with E-state index in [1.165, 1.54) is 27.1 Å². The summed E-state index contributed by atoms with van der Waals surface area (Å²) < 4.78 is 16.2. The lowest BCUT2D eigenvalue weighted by molar-refractivity contribution is -0.117. The Hall–Kier alpha value is -3.02. The Morgan fingerprint density at radius 3 is 2.43 bits per heavy atom. The van der Waals surface area contributed by atoms with Gasteiger partial charge in [-0.15, -0.1) is 0 Å². The predicted octanol–water partition coefficient (Wildman–Crippen LogP) is 4.32. The fraction of sp³-hybridized carbons (Fsp3) is 0.417. The van der Waals surface area contributed by atoms with E-state index in [4.69, 9.17) is 14.2 Å². The quantitative estimate of drug-likeness (QED) is 0.665. The minimum absolute atomic E-state index is 0.0347. The first-order chi connectivity index (χ1) is 14.6. The van der Waals surface area contributed by atoms with Crippen molar-refractivity contribution in [2.24, 2.45) is 0 Å². The Labute approximate surface area is 176 Å². The molecule has 6 heteroatoms. The summed E-state index contributed by atoms with van der Waals surface area (Å²) in [5.74, 6) is 0.992. The van der Waals surface area contributed by atoms with Crippen LogP contribution in [0.3, 0.4) is 0 Å². The highest BCUT2D eigenvalue weighted by Crippen LogP contribution is 2.35. The molecule has 2 aromatic carbocycles. The van der Waals surface area contributed by atoms with Crippen LogP contribution in [0, 0.1) is 0 Å². The lowest BCUT2D eigenvalue weighted by Gasteiger charge is -2.19. The van der Waals surface area contributed by atoms with E-state index in [1.54, 1.807) is 6.07 Å². The molecule has 1 saturated carbocycles. The normalized spacial score (nSPS) is 19.2. The summed E-state index contributed by atoms with van der Waals surface area (Å²) in [6.07, 6.45) is 5.44. The van der Waals surface area contributed by atoms with Crippen molar-refractivity contribution in [3.63, 3.8) is 0 Å². The van der Waals surface area contributed by atoms with Gasteiger partial charge in [0.1, 0.15) is 17.1 Å². The minimum atomic E-state index is -0.442. The van der Waals surface area contributed by atoms with E-state index >= 15 is 0 Å². The van der Waals surface area contributed by atoms with Crippen LogP contribution < -0.4 is 14.4 Å². The molecule has 1 saturated heterocycles. The monoisotopic (exact) mass is 409 g/mol. The number of esters is 1. The summed E-state index contributed by atoms with van der Waals surface area (Å²) in [6.45, 7) is 0.586. The van der Waals surface area contributed by atoms with E-state index in [9.17, 15) is 9.59 Å². The molecule has 1 heterocycles. The summed E-state index contributed by atoms with van der Waals surface area (Å²) in [4.78, 5) is 26.4. The first-order valence-electron chi connectivity index (χ1n) is 10.4. The van der Waals surface area contributed by atoms with Crippen molar-refractivity contribution in [3.8, 4) is 11.5 Å². The molecule has 0 radical (unpaired) electrons. The molecule has 1 aliphatic carbocycles. The maximum Gasteiger partial charge on any atom is 0.341 e. The number of anilines is 1. The van der Waals surface area contributed by atoms with Crippen LogP contribution in [0.4, 0.5) is 5.69 Å². The molecule has 0 aromatic heterocycles. The fourth-order valence-corrected chi connectivity index (χ4v) is 4.32. The van der Waals surface area contributed by atoms with E-state index in [0.717, 1.165) is 29.8 Å². The molecule has 1 atom stereocenters. The zero-order chi connectivity index (χ0) is 21.1. The molecule has 1 amide bonds. The number of rotatable bonds is 6. The topological polar surface area (TPSA) is 65.1 Å². The number of benzene rings is 2. The molecular weight excluding hydrogens is 382 g/mol. The molecule has 0 bridgehead atoms. The van der Waals surface area contributed by atoms with E-state index in [2.05, 4.69) is 0 Å². The third kappa shape index (κ3) is 4.13. The van der Waals surface area contributed by atoms with Gasteiger partial charge in [0, 0.05) is 24.6 Å². The Bertz CT molecular complexity index is 918. The van der Waals surface area contributed by atoms with Gasteiger partial charge in [0.05, 0.1) is 20.3 Å². The molecule has 1 aliphatic heterocycles. The molecule has 2 fully saturated rings. The minimum Gasteiger partial charge on any atom is -0.496 e. The zero-order valence-electron chi connectivity index (χ0n) is 17.4. The molecule has 158 valence electrons. The Morgan fingerprint density at radius 2 is 1.77 bits per heavy atom. The molecule has 1 unspecified atom stereocenters. The molecule has 2 aromatic rings. The van der Waals surface area contributed by atoms with Crippen molar-refractivity contribution in [3.05, 3.63) is 53.6 Å². The number of hydrogen-bond acceptors (Lipinski definition) is 5. The third-order valence-corrected chi connectivity index (χ3v) is 5.98. The number of nitrogens with zero attached hydrogens (tertiary/aromatic N) is 1. The first-order valence-corrected chi connectivity index (χ1v) is 10.4. The van der Waals surface area contributed by atoms with Crippen LogP contribution in [0.1, 0.15) is 53.9 Å². The van der Waals surface area contributed by atoms with Crippen LogP contribution in [0.25, 0.3) is 0 Å². The summed E-state index contributed by atoms with van der Waals surface area (Å²) in [7, 11) is 2.86. The molecule has 0 spiro atoms. The molecule has 2 aliphatic rings. The van der Waals surface area contributed by atoms with Crippen LogP contribution >= 0.6 is 0 Å². The average Bonchev–Trinajstić information content (AvgIpc) is 3.43. The Kier molecular flexibility index (Phi) is 5.93. The maximum atomic E-state index is 12.7. The van der Waals surface area contributed by atoms with E-state index < -0.39 is 5.97 Å². The van der Waals surface area contributed by atoms with Crippen molar-refractivity contribution >= 4 is 17.6 Å². The van der Waals surface area contributed by atoms with Gasteiger partial charge in [-0.25, -0.2) is 4.79 Å². The standard InChI is InChI=1S/C24H27NO5/c1-28-22-13-16(7-12-21(22)24(27)29-2)17-14-23(26)25(15-17)18-8-10-20(11-9-18)30-19-5-3-4-6-19/h7-13,17,19H,3-6,14-15H2,1-2H3. The van der Waals surface area contributed by atoms with Crippen molar-refractivity contribution in [1.29, 1.82) is 0 Å². The highest BCUT2D eigenvalue weighted by molar-refractivity contribution is 5.97. The van der Waals surface area contributed by atoms with Gasteiger partial charge in [0.25, 0.3) is 0 Å². The number of hydrogen-bond donors (Lipinski definition) is 0. The van der Waals surface area contributed by atoms with Crippen LogP contribution in [0.5, 0.6) is 11.5 Å². The fourth-order valence-electron chi connectivity index (χ4n) is 4.32. The average molecular weight is 409 g/mol. The van der Waals surface area contributed by atoms with Gasteiger partial charge in [-0.2, -0.15) is 0 Å². The van der Waals surface area contributed by atoms with Gasteiger partial charge < -0.3 is 19.1 Å². The van der Waals surface area contributed by atoms with Gasteiger partial charge in [-0.1, -0.05) is 6.07 Å². The summed E-state index contributed by atoms with van der Waals surface area (Å²) in [6, 6.07) is 13.2. The SMILES string of the molecule is COC(=O)c1ccc(C2CC(=O)N(c3ccc(OC4CCCC4)cc3)C2)cc1OC. The van der Waals surface area contributed by atoms with Gasteiger partial charge >= 0.3 is 5.97 Å². The molecule has 0 N–H and O–H groups in total. The largest absolute Gasteiger partial charge is 0.496 e. The van der Waals surface area contributed by atoms with E-state index in [1.807, 2.05) is 41.3 Å². The molecule has 30 heavy (non-hydrogen) atoms. The second-order valence-corrected chi connectivity index (χ2v) is 7.87. The predicted molar refractivity (Wildman–Crippen MR) is 113 cm³/mol. The molecule has 4 rings (SSSR count). The van der Waals surface area contributed by atoms with Gasteiger partial charge in [0.15, 0.2) is 0 Å².